The summed E-state index contributed by atoms with van der Waals surface area (Å²) in [6, 6.07) is 6.09. The van der Waals surface area contributed by atoms with Crippen LogP contribution in [0.15, 0.2) is 30.5 Å². The largest absolute Gasteiger partial charge is 0.573 e. The van der Waals surface area contributed by atoms with E-state index in [0.29, 0.717) is 11.1 Å². The molecule has 0 amide bonds. The van der Waals surface area contributed by atoms with Crippen molar-refractivity contribution in [2.45, 2.75) is 6.36 Å². The SMILES string of the molecule is CNc1ccnc2c(OC(F)(F)F)cccc12. The predicted molar refractivity (Wildman–Crippen MR) is 58.0 cm³/mol. The standard InChI is InChI=1S/C11H9F3N2O/c1-15-8-5-6-16-10-7(8)3-2-4-9(10)17-11(12,13)14/h2-6H,1H3,(H,15,16). The van der Waals surface area contributed by atoms with E-state index < -0.39 is 6.36 Å². The highest BCUT2D eigenvalue weighted by Crippen LogP contribution is 2.31. The molecule has 3 nitrogen and oxygen atoms in total. The third kappa shape index (κ3) is 2.41. The van der Waals surface area contributed by atoms with E-state index in [4.69, 9.17) is 0 Å². The van der Waals surface area contributed by atoms with Crippen LogP contribution in [0.25, 0.3) is 10.9 Å². The number of anilines is 1. The van der Waals surface area contributed by atoms with Crippen LogP contribution >= 0.6 is 0 Å². The number of halogens is 3. The van der Waals surface area contributed by atoms with Crippen molar-refractivity contribution in [2.75, 3.05) is 12.4 Å². The van der Waals surface area contributed by atoms with Gasteiger partial charge in [0.2, 0.25) is 0 Å². The Hall–Kier alpha value is -1.98. The average Bonchev–Trinajstić information content (AvgIpc) is 2.27. The Morgan fingerprint density at radius 3 is 2.65 bits per heavy atom. The zero-order valence-corrected chi connectivity index (χ0v) is 8.88. The molecule has 0 fully saturated rings. The molecule has 0 spiro atoms. The number of hydrogen-bond acceptors (Lipinski definition) is 3. The van der Waals surface area contributed by atoms with Crippen molar-refractivity contribution in [1.82, 2.24) is 4.98 Å². The number of fused-ring (bicyclic) bond motifs is 1. The summed E-state index contributed by atoms with van der Waals surface area (Å²) >= 11 is 0. The minimum atomic E-state index is -4.72. The summed E-state index contributed by atoms with van der Waals surface area (Å²) in [5.74, 6) is -0.299. The van der Waals surface area contributed by atoms with Crippen molar-refractivity contribution in [3.8, 4) is 5.75 Å². The molecule has 90 valence electrons. The van der Waals surface area contributed by atoms with E-state index in [1.165, 1.54) is 18.3 Å². The Balaban J connectivity index is 2.58. The van der Waals surface area contributed by atoms with E-state index in [1.807, 2.05) is 0 Å². The number of benzene rings is 1. The minimum absolute atomic E-state index is 0.177. The highest BCUT2D eigenvalue weighted by molar-refractivity contribution is 5.94. The number of pyridine rings is 1. The normalized spacial score (nSPS) is 11.5. The summed E-state index contributed by atoms with van der Waals surface area (Å²) in [6.07, 6.45) is -3.29. The van der Waals surface area contributed by atoms with Crippen LogP contribution in [0.4, 0.5) is 18.9 Å². The highest BCUT2D eigenvalue weighted by atomic mass is 19.4. The molecule has 0 saturated carbocycles. The van der Waals surface area contributed by atoms with Gasteiger partial charge in [-0.2, -0.15) is 0 Å². The molecule has 0 aliphatic heterocycles. The lowest BCUT2D eigenvalue weighted by atomic mass is 10.2. The van der Waals surface area contributed by atoms with Gasteiger partial charge in [0, 0.05) is 24.3 Å². The van der Waals surface area contributed by atoms with Crippen LogP contribution in [0.5, 0.6) is 5.75 Å². The van der Waals surface area contributed by atoms with Crippen LogP contribution in [-0.4, -0.2) is 18.4 Å². The van der Waals surface area contributed by atoms with Gasteiger partial charge in [-0.3, -0.25) is 4.98 Å². The summed E-state index contributed by atoms with van der Waals surface area (Å²) in [5.41, 5.74) is 0.874. The molecule has 0 atom stereocenters. The first kappa shape index (κ1) is 11.5. The fourth-order valence-electron chi connectivity index (χ4n) is 1.57. The fraction of sp³-hybridized carbons (Fsp3) is 0.182. The van der Waals surface area contributed by atoms with E-state index in [1.54, 1.807) is 19.2 Å². The summed E-state index contributed by atoms with van der Waals surface area (Å²) in [7, 11) is 1.69. The van der Waals surface area contributed by atoms with Crippen LogP contribution in [-0.2, 0) is 0 Å². The molecule has 1 N–H and O–H groups in total. The molecule has 2 rings (SSSR count). The van der Waals surface area contributed by atoms with Crippen LogP contribution in [0.1, 0.15) is 0 Å². The van der Waals surface area contributed by atoms with E-state index in [0.717, 1.165) is 0 Å². The van der Waals surface area contributed by atoms with Crippen LogP contribution in [0, 0.1) is 0 Å². The third-order valence-corrected chi connectivity index (χ3v) is 2.23. The third-order valence-electron chi connectivity index (χ3n) is 2.23. The first-order valence-corrected chi connectivity index (χ1v) is 4.82. The van der Waals surface area contributed by atoms with Crippen molar-refractivity contribution in [3.63, 3.8) is 0 Å². The average molecular weight is 242 g/mol. The molecule has 1 heterocycles. The number of alkyl halides is 3. The fourth-order valence-corrected chi connectivity index (χ4v) is 1.57. The van der Waals surface area contributed by atoms with Crippen LogP contribution in [0.2, 0.25) is 0 Å². The summed E-state index contributed by atoms with van der Waals surface area (Å²) in [6.45, 7) is 0. The molecular formula is C11H9F3N2O. The molecular weight excluding hydrogens is 233 g/mol. The van der Waals surface area contributed by atoms with Crippen molar-refractivity contribution < 1.29 is 17.9 Å². The lowest BCUT2D eigenvalue weighted by molar-refractivity contribution is -0.274. The zero-order valence-electron chi connectivity index (χ0n) is 8.88. The van der Waals surface area contributed by atoms with Gasteiger partial charge in [-0.05, 0) is 12.1 Å². The van der Waals surface area contributed by atoms with Crippen molar-refractivity contribution in [1.29, 1.82) is 0 Å². The molecule has 1 aromatic heterocycles. The van der Waals surface area contributed by atoms with Gasteiger partial charge < -0.3 is 10.1 Å². The number of aromatic nitrogens is 1. The Labute approximate surface area is 95.2 Å². The molecule has 1 aromatic carbocycles. The Morgan fingerprint density at radius 1 is 1.24 bits per heavy atom. The van der Waals surface area contributed by atoms with E-state index in [2.05, 4.69) is 15.0 Å². The second-order valence-corrected chi connectivity index (χ2v) is 3.31. The lowest BCUT2D eigenvalue weighted by Crippen LogP contribution is -2.17. The minimum Gasteiger partial charge on any atom is -0.403 e. The number of rotatable bonds is 2. The number of nitrogens with zero attached hydrogens (tertiary/aromatic N) is 1. The maximum atomic E-state index is 12.2. The molecule has 0 bridgehead atoms. The number of nitrogens with one attached hydrogen (secondary N) is 1. The van der Waals surface area contributed by atoms with Gasteiger partial charge in [-0.15, -0.1) is 13.2 Å². The number of para-hydroxylation sites is 1. The van der Waals surface area contributed by atoms with Gasteiger partial charge in [0.1, 0.15) is 5.52 Å². The second-order valence-electron chi connectivity index (χ2n) is 3.31. The van der Waals surface area contributed by atoms with E-state index in [-0.39, 0.29) is 11.3 Å². The van der Waals surface area contributed by atoms with Gasteiger partial charge in [-0.1, -0.05) is 12.1 Å². The first-order chi connectivity index (χ1) is 8.01. The highest BCUT2D eigenvalue weighted by Gasteiger charge is 2.32. The smallest absolute Gasteiger partial charge is 0.403 e. The molecule has 6 heteroatoms. The monoisotopic (exact) mass is 242 g/mol. The van der Waals surface area contributed by atoms with Crippen molar-refractivity contribution >= 4 is 16.6 Å². The quantitative estimate of drug-likeness (QED) is 0.878. The summed E-state index contributed by atoms with van der Waals surface area (Å²) in [5, 5.41) is 3.46. The van der Waals surface area contributed by atoms with E-state index >= 15 is 0 Å². The van der Waals surface area contributed by atoms with Crippen LogP contribution in [0.3, 0.4) is 0 Å². The Bertz CT molecular complexity index is 540. The molecule has 0 aliphatic rings. The Kier molecular flexibility index (Phi) is 2.79. The van der Waals surface area contributed by atoms with Gasteiger partial charge in [0.15, 0.2) is 5.75 Å². The first-order valence-electron chi connectivity index (χ1n) is 4.82. The predicted octanol–water partition coefficient (Wildman–Crippen LogP) is 3.18. The Morgan fingerprint density at radius 2 is 2.00 bits per heavy atom. The molecule has 0 saturated heterocycles. The lowest BCUT2D eigenvalue weighted by Gasteiger charge is -2.12. The topological polar surface area (TPSA) is 34.2 Å². The van der Waals surface area contributed by atoms with Crippen molar-refractivity contribution in [3.05, 3.63) is 30.5 Å². The zero-order chi connectivity index (χ0) is 12.5. The van der Waals surface area contributed by atoms with Crippen molar-refractivity contribution in [2.24, 2.45) is 0 Å². The number of ether oxygens (including phenoxy) is 1. The van der Waals surface area contributed by atoms with Gasteiger partial charge in [0.05, 0.1) is 0 Å². The van der Waals surface area contributed by atoms with Gasteiger partial charge in [-0.25, -0.2) is 0 Å². The molecule has 17 heavy (non-hydrogen) atoms. The summed E-state index contributed by atoms with van der Waals surface area (Å²) in [4.78, 5) is 3.91. The van der Waals surface area contributed by atoms with Crippen LogP contribution < -0.4 is 10.1 Å². The van der Waals surface area contributed by atoms with Gasteiger partial charge in [0.25, 0.3) is 0 Å². The maximum Gasteiger partial charge on any atom is 0.573 e. The number of hydrogen-bond donors (Lipinski definition) is 1. The second kappa shape index (κ2) is 4.12. The summed E-state index contributed by atoms with van der Waals surface area (Å²) < 4.78 is 40.5. The molecule has 0 radical (unpaired) electrons. The molecule has 0 unspecified atom stereocenters. The maximum absolute atomic E-state index is 12.2. The van der Waals surface area contributed by atoms with Gasteiger partial charge >= 0.3 is 6.36 Å². The molecule has 2 aromatic rings. The molecule has 0 aliphatic carbocycles. The van der Waals surface area contributed by atoms with E-state index in [9.17, 15) is 13.2 Å².